The molecule has 0 N–H and O–H groups in total. The zero-order valence-electron chi connectivity index (χ0n) is 12.0. The summed E-state index contributed by atoms with van der Waals surface area (Å²) < 4.78 is 23.9. The molecule has 0 heterocycles. The number of alkyl halides is 1. The summed E-state index contributed by atoms with van der Waals surface area (Å²) in [6.07, 6.45) is 2.80. The number of hydrogen-bond acceptors (Lipinski definition) is 3. The van der Waals surface area contributed by atoms with Crippen LogP contribution in [0.25, 0.3) is 0 Å². The molecule has 0 aromatic heterocycles. The third kappa shape index (κ3) is 3.67. The summed E-state index contributed by atoms with van der Waals surface area (Å²) in [5, 5.41) is 0.343. The van der Waals surface area contributed by atoms with Crippen LogP contribution in [0.15, 0.2) is 29.2 Å². The van der Waals surface area contributed by atoms with E-state index in [9.17, 15) is 8.42 Å². The Kier molecular flexibility index (Phi) is 4.97. The van der Waals surface area contributed by atoms with Gasteiger partial charge >= 0.3 is 0 Å². The SMILES string of the molecule is CCCS(=O)(=O)c1ccc(N(C)CC2CC(Cl)C2)cc1. The number of sulfone groups is 1. The molecule has 2 rings (SSSR count). The second kappa shape index (κ2) is 6.35. The fourth-order valence-electron chi connectivity index (χ4n) is 2.59. The number of hydrogen-bond donors (Lipinski definition) is 0. The van der Waals surface area contributed by atoms with E-state index < -0.39 is 9.84 Å². The Balaban J connectivity index is 2.00. The van der Waals surface area contributed by atoms with Crippen molar-refractivity contribution in [2.75, 3.05) is 24.2 Å². The van der Waals surface area contributed by atoms with Gasteiger partial charge in [0.25, 0.3) is 0 Å². The molecule has 112 valence electrons. The predicted octanol–water partition coefficient (Wildman–Crippen LogP) is 3.32. The van der Waals surface area contributed by atoms with E-state index in [4.69, 9.17) is 11.6 Å². The first kappa shape index (κ1) is 15.6. The van der Waals surface area contributed by atoms with Gasteiger partial charge in [0.2, 0.25) is 0 Å². The molecule has 5 heteroatoms. The van der Waals surface area contributed by atoms with Crippen LogP contribution in [0.4, 0.5) is 5.69 Å². The van der Waals surface area contributed by atoms with Crippen LogP contribution in [-0.2, 0) is 9.84 Å². The lowest BCUT2D eigenvalue weighted by Crippen LogP contribution is -2.34. The van der Waals surface area contributed by atoms with Crippen LogP contribution in [0.1, 0.15) is 26.2 Å². The van der Waals surface area contributed by atoms with E-state index in [0.29, 0.717) is 22.6 Å². The monoisotopic (exact) mass is 315 g/mol. The first-order chi connectivity index (χ1) is 9.42. The minimum Gasteiger partial charge on any atom is -0.374 e. The van der Waals surface area contributed by atoms with Crippen LogP contribution in [-0.4, -0.2) is 33.1 Å². The lowest BCUT2D eigenvalue weighted by Gasteiger charge is -2.35. The topological polar surface area (TPSA) is 37.4 Å². The van der Waals surface area contributed by atoms with Crippen molar-refractivity contribution in [1.82, 2.24) is 0 Å². The number of halogens is 1. The van der Waals surface area contributed by atoms with Crippen LogP contribution in [0, 0.1) is 5.92 Å². The van der Waals surface area contributed by atoms with E-state index in [1.165, 1.54) is 0 Å². The zero-order valence-corrected chi connectivity index (χ0v) is 13.6. The smallest absolute Gasteiger partial charge is 0.178 e. The fraction of sp³-hybridized carbons (Fsp3) is 0.600. The van der Waals surface area contributed by atoms with Gasteiger partial charge in [0.15, 0.2) is 9.84 Å². The van der Waals surface area contributed by atoms with Gasteiger partial charge in [0, 0.05) is 24.7 Å². The van der Waals surface area contributed by atoms with Crippen molar-refractivity contribution in [3.8, 4) is 0 Å². The molecule has 1 aliphatic carbocycles. The van der Waals surface area contributed by atoms with Crippen molar-refractivity contribution in [2.24, 2.45) is 5.92 Å². The van der Waals surface area contributed by atoms with Gasteiger partial charge in [-0.2, -0.15) is 0 Å². The molecular weight excluding hydrogens is 294 g/mol. The molecule has 0 bridgehead atoms. The number of nitrogens with zero attached hydrogens (tertiary/aromatic N) is 1. The van der Waals surface area contributed by atoms with Crippen molar-refractivity contribution in [2.45, 2.75) is 36.5 Å². The average Bonchev–Trinajstić information content (AvgIpc) is 2.37. The van der Waals surface area contributed by atoms with Crippen LogP contribution >= 0.6 is 11.6 Å². The molecule has 0 saturated heterocycles. The first-order valence-corrected chi connectivity index (χ1v) is 9.19. The normalized spacial score (nSPS) is 22.4. The van der Waals surface area contributed by atoms with Crippen LogP contribution in [0.2, 0.25) is 0 Å². The molecule has 20 heavy (non-hydrogen) atoms. The highest BCUT2D eigenvalue weighted by Gasteiger charge is 2.28. The van der Waals surface area contributed by atoms with Crippen LogP contribution in [0.5, 0.6) is 0 Å². The lowest BCUT2D eigenvalue weighted by molar-refractivity contribution is 0.329. The molecule has 0 unspecified atom stereocenters. The first-order valence-electron chi connectivity index (χ1n) is 7.10. The summed E-state index contributed by atoms with van der Waals surface area (Å²) in [5.74, 6) is 0.868. The maximum atomic E-state index is 12.0. The van der Waals surface area contributed by atoms with E-state index in [1.54, 1.807) is 12.1 Å². The second-order valence-corrected chi connectivity index (χ2v) is 8.35. The number of anilines is 1. The highest BCUT2D eigenvalue weighted by Crippen LogP contribution is 2.33. The summed E-state index contributed by atoms with van der Waals surface area (Å²) in [4.78, 5) is 2.59. The van der Waals surface area contributed by atoms with Crippen molar-refractivity contribution in [3.05, 3.63) is 24.3 Å². The molecule has 1 saturated carbocycles. The largest absolute Gasteiger partial charge is 0.374 e. The van der Waals surface area contributed by atoms with Gasteiger partial charge in [0.1, 0.15) is 0 Å². The maximum Gasteiger partial charge on any atom is 0.178 e. The maximum absolute atomic E-state index is 12.0. The Morgan fingerprint density at radius 2 is 1.85 bits per heavy atom. The fourth-order valence-corrected chi connectivity index (χ4v) is 4.42. The Labute approximate surface area is 126 Å². The van der Waals surface area contributed by atoms with Gasteiger partial charge < -0.3 is 4.90 Å². The van der Waals surface area contributed by atoms with E-state index in [2.05, 4.69) is 4.90 Å². The Hall–Kier alpha value is -0.740. The van der Waals surface area contributed by atoms with E-state index in [1.807, 2.05) is 26.1 Å². The third-order valence-electron chi connectivity index (χ3n) is 3.82. The highest BCUT2D eigenvalue weighted by atomic mass is 35.5. The Morgan fingerprint density at radius 3 is 2.35 bits per heavy atom. The molecule has 0 aliphatic heterocycles. The van der Waals surface area contributed by atoms with Gasteiger partial charge in [0.05, 0.1) is 10.6 Å². The molecule has 1 aromatic rings. The van der Waals surface area contributed by atoms with Gasteiger partial charge in [-0.1, -0.05) is 6.92 Å². The van der Waals surface area contributed by atoms with E-state index in [-0.39, 0.29) is 5.75 Å². The second-order valence-electron chi connectivity index (χ2n) is 5.63. The molecule has 1 aliphatic rings. The predicted molar refractivity (Wildman–Crippen MR) is 84.4 cm³/mol. The Bertz CT molecular complexity index is 535. The van der Waals surface area contributed by atoms with Gasteiger partial charge in [-0.25, -0.2) is 8.42 Å². The van der Waals surface area contributed by atoms with Crippen molar-refractivity contribution < 1.29 is 8.42 Å². The molecule has 1 aromatic carbocycles. The molecule has 3 nitrogen and oxygen atoms in total. The quantitative estimate of drug-likeness (QED) is 0.756. The molecule has 1 fully saturated rings. The van der Waals surface area contributed by atoms with Gasteiger partial charge in [-0.15, -0.1) is 11.6 Å². The molecule has 0 amide bonds. The lowest BCUT2D eigenvalue weighted by atomic mass is 9.84. The Morgan fingerprint density at radius 1 is 1.25 bits per heavy atom. The number of rotatable bonds is 6. The van der Waals surface area contributed by atoms with Gasteiger partial charge in [-0.05, 0) is 49.4 Å². The minimum absolute atomic E-state index is 0.210. The number of benzene rings is 1. The highest BCUT2D eigenvalue weighted by molar-refractivity contribution is 7.91. The van der Waals surface area contributed by atoms with Crippen molar-refractivity contribution in [1.29, 1.82) is 0 Å². The average molecular weight is 316 g/mol. The summed E-state index contributed by atoms with van der Waals surface area (Å²) in [6.45, 7) is 2.85. The van der Waals surface area contributed by atoms with Crippen LogP contribution < -0.4 is 4.90 Å². The van der Waals surface area contributed by atoms with Gasteiger partial charge in [-0.3, -0.25) is 0 Å². The summed E-state index contributed by atoms with van der Waals surface area (Å²) in [6, 6.07) is 7.20. The summed E-state index contributed by atoms with van der Waals surface area (Å²) in [7, 11) is -1.07. The molecule has 0 radical (unpaired) electrons. The minimum atomic E-state index is -3.11. The molecule has 0 spiro atoms. The molecule has 0 atom stereocenters. The van der Waals surface area contributed by atoms with Crippen LogP contribution in [0.3, 0.4) is 0 Å². The van der Waals surface area contributed by atoms with E-state index in [0.717, 1.165) is 25.1 Å². The van der Waals surface area contributed by atoms with E-state index >= 15 is 0 Å². The standard InChI is InChI=1S/C15H22ClNO2S/c1-3-8-20(18,19)15-6-4-14(5-7-15)17(2)11-12-9-13(16)10-12/h4-7,12-13H,3,8-11H2,1-2H3. The zero-order chi connectivity index (χ0) is 14.8. The van der Waals surface area contributed by atoms with Crippen molar-refractivity contribution in [3.63, 3.8) is 0 Å². The summed E-state index contributed by atoms with van der Waals surface area (Å²) >= 11 is 5.99. The molecular formula is C15H22ClNO2S. The summed E-state index contributed by atoms with van der Waals surface area (Å²) in [5.41, 5.74) is 1.05. The van der Waals surface area contributed by atoms with Crippen molar-refractivity contribution >= 4 is 27.1 Å². The third-order valence-corrected chi connectivity index (χ3v) is 6.11.